The Morgan fingerprint density at radius 3 is 2.26 bits per heavy atom. The number of carboxylic acids is 1. The van der Waals surface area contributed by atoms with Crippen LogP contribution in [0.5, 0.6) is 0 Å². The lowest BCUT2D eigenvalue weighted by molar-refractivity contribution is -0.215. The zero-order chi connectivity index (χ0) is 25.8. The first-order valence-electron chi connectivity index (χ1n) is 14.6. The summed E-state index contributed by atoms with van der Waals surface area (Å²) >= 11 is 0. The summed E-state index contributed by atoms with van der Waals surface area (Å²) in [6, 6.07) is 0. The quantitative estimate of drug-likeness (QED) is 0.402. The van der Waals surface area contributed by atoms with E-state index in [1.165, 1.54) is 31.3 Å². The molecule has 9 atom stereocenters. The summed E-state index contributed by atoms with van der Waals surface area (Å²) in [6.45, 7) is 20.0. The molecule has 0 aromatic heterocycles. The van der Waals surface area contributed by atoms with Crippen molar-refractivity contribution in [2.45, 2.75) is 119 Å². The van der Waals surface area contributed by atoms with Crippen molar-refractivity contribution < 1.29 is 14.6 Å². The van der Waals surface area contributed by atoms with Gasteiger partial charge in [-0.05, 0) is 109 Å². The van der Waals surface area contributed by atoms with Gasteiger partial charge in [0.25, 0.3) is 0 Å². The second kappa shape index (κ2) is 7.61. The monoisotopic (exact) mass is 484 g/mol. The van der Waals surface area contributed by atoms with E-state index in [1.807, 2.05) is 0 Å². The van der Waals surface area contributed by atoms with Gasteiger partial charge in [-0.15, -0.1) is 0 Å². The molecule has 5 aliphatic carbocycles. The van der Waals surface area contributed by atoms with Gasteiger partial charge in [-0.2, -0.15) is 0 Å². The summed E-state index contributed by atoms with van der Waals surface area (Å²) in [5, 5.41) is 10.7. The highest BCUT2D eigenvalue weighted by Gasteiger charge is 2.71. The van der Waals surface area contributed by atoms with Crippen molar-refractivity contribution in [1.82, 2.24) is 0 Å². The van der Waals surface area contributed by atoms with Gasteiger partial charge < -0.3 is 9.84 Å². The first-order valence-corrected chi connectivity index (χ1v) is 14.6. The van der Waals surface area contributed by atoms with Crippen LogP contribution >= 0.6 is 0 Å². The van der Waals surface area contributed by atoms with Crippen molar-refractivity contribution in [3.63, 3.8) is 0 Å². The van der Waals surface area contributed by atoms with Crippen LogP contribution in [0.4, 0.5) is 0 Å². The second-order valence-electron chi connectivity index (χ2n) is 15.8. The van der Waals surface area contributed by atoms with Crippen LogP contribution in [0.1, 0.15) is 113 Å². The largest absolute Gasteiger partial charge is 0.481 e. The molecule has 0 spiro atoms. The predicted octanol–water partition coefficient (Wildman–Crippen LogP) is 8.13. The molecule has 0 aliphatic heterocycles. The van der Waals surface area contributed by atoms with Crippen LogP contribution < -0.4 is 0 Å². The molecule has 0 aromatic carbocycles. The number of aliphatic carboxylic acids is 1. The lowest BCUT2D eigenvalue weighted by Gasteiger charge is -2.72. The topological polar surface area (TPSA) is 46.5 Å². The van der Waals surface area contributed by atoms with E-state index < -0.39 is 11.4 Å². The summed E-state index contributed by atoms with van der Waals surface area (Å²) < 4.78 is 6.20. The first-order chi connectivity index (χ1) is 16.1. The molecule has 4 fully saturated rings. The maximum Gasteiger partial charge on any atom is 0.312 e. The average molecular weight is 485 g/mol. The van der Waals surface area contributed by atoms with Gasteiger partial charge in [0.05, 0.1) is 6.10 Å². The van der Waals surface area contributed by atoms with Gasteiger partial charge in [0.15, 0.2) is 0 Å². The van der Waals surface area contributed by atoms with Gasteiger partial charge >= 0.3 is 5.97 Å². The Hall–Kier alpha value is -0.830. The SMILES string of the molecule is CO[C@H]1C[C@]2(C)C(=CCC3C4(C)CC[C@H](C)C(C)(C)[C@@H]4CC[C@@]32C)C2CC(C)(C)CCC21C(=O)O. The van der Waals surface area contributed by atoms with Crippen molar-refractivity contribution in [1.29, 1.82) is 0 Å². The zero-order valence-electron chi connectivity index (χ0n) is 24.1. The molecule has 0 amide bonds. The van der Waals surface area contributed by atoms with Crippen molar-refractivity contribution in [2.75, 3.05) is 7.11 Å². The first kappa shape index (κ1) is 25.8. The molecule has 4 saturated carbocycles. The Bertz CT molecular complexity index is 931. The Kier molecular flexibility index (Phi) is 5.61. The minimum atomic E-state index is -0.776. The fourth-order valence-electron chi connectivity index (χ4n) is 11.2. The smallest absolute Gasteiger partial charge is 0.312 e. The fraction of sp³-hybridized carbons (Fsp3) is 0.906. The number of allylic oxidation sites excluding steroid dienone is 2. The van der Waals surface area contributed by atoms with Crippen LogP contribution in [-0.2, 0) is 9.53 Å². The number of methoxy groups -OCH3 is 1. The van der Waals surface area contributed by atoms with Crippen LogP contribution in [0.2, 0.25) is 0 Å². The van der Waals surface area contributed by atoms with E-state index in [1.54, 1.807) is 7.11 Å². The molecule has 0 heterocycles. The van der Waals surface area contributed by atoms with Crippen LogP contribution in [0.3, 0.4) is 0 Å². The third-order valence-corrected chi connectivity index (χ3v) is 13.9. The molecule has 35 heavy (non-hydrogen) atoms. The van der Waals surface area contributed by atoms with Crippen LogP contribution in [0, 0.1) is 56.2 Å². The Morgan fingerprint density at radius 2 is 1.63 bits per heavy atom. The van der Waals surface area contributed by atoms with Gasteiger partial charge in [-0.1, -0.05) is 67.0 Å². The lowest BCUT2D eigenvalue weighted by atomic mass is 9.33. The standard InChI is InChI=1S/C32H52O3/c1-20-12-14-29(6)23(28(20,4)5)13-15-30(7)24(29)11-10-21-22-18-27(2,3)16-17-32(22,26(33)34)25(35-9)19-31(21,30)8/h10,20,22-25H,11-19H2,1-9H3,(H,33,34)/t20-,22?,23-,24?,25-,29?,30-,31+,32?/m0/s1. The second-order valence-corrected chi connectivity index (χ2v) is 15.8. The molecule has 5 rings (SSSR count). The van der Waals surface area contributed by atoms with Crippen LogP contribution in [-0.4, -0.2) is 24.3 Å². The molecule has 0 saturated heterocycles. The van der Waals surface area contributed by atoms with Crippen molar-refractivity contribution in [2.24, 2.45) is 56.2 Å². The molecule has 4 unspecified atom stereocenters. The number of carboxylic acid groups (broad SMARTS) is 1. The molecule has 1 N–H and O–H groups in total. The molecule has 198 valence electrons. The number of hydrogen-bond donors (Lipinski definition) is 1. The Labute approximate surface area is 214 Å². The van der Waals surface area contributed by atoms with Gasteiger partial charge in [-0.25, -0.2) is 0 Å². The highest BCUT2D eigenvalue weighted by Crippen LogP contribution is 2.76. The average Bonchev–Trinajstić information content (AvgIpc) is 2.76. The van der Waals surface area contributed by atoms with Gasteiger partial charge in [0.1, 0.15) is 5.41 Å². The van der Waals surface area contributed by atoms with Crippen molar-refractivity contribution in [3.05, 3.63) is 11.6 Å². The molecule has 3 nitrogen and oxygen atoms in total. The van der Waals surface area contributed by atoms with E-state index in [0.717, 1.165) is 43.9 Å². The van der Waals surface area contributed by atoms with E-state index in [0.29, 0.717) is 16.7 Å². The number of carbonyl (C=O) groups is 1. The number of rotatable bonds is 2. The number of ether oxygens (including phenoxy) is 1. The van der Waals surface area contributed by atoms with E-state index in [2.05, 4.69) is 61.5 Å². The van der Waals surface area contributed by atoms with Crippen molar-refractivity contribution in [3.8, 4) is 0 Å². The van der Waals surface area contributed by atoms with E-state index in [4.69, 9.17) is 4.74 Å². The number of hydrogen-bond acceptors (Lipinski definition) is 2. The fourth-order valence-corrected chi connectivity index (χ4v) is 11.2. The summed E-state index contributed by atoms with van der Waals surface area (Å²) in [7, 11) is 1.77. The molecular formula is C32H52O3. The molecule has 0 aromatic rings. The lowest BCUT2D eigenvalue weighted by Crippen LogP contribution is -2.67. The Morgan fingerprint density at radius 1 is 0.943 bits per heavy atom. The summed E-state index contributed by atoms with van der Waals surface area (Å²) in [6.07, 6.45) is 12.2. The minimum Gasteiger partial charge on any atom is -0.481 e. The van der Waals surface area contributed by atoms with Gasteiger partial charge in [0.2, 0.25) is 0 Å². The summed E-state index contributed by atoms with van der Waals surface area (Å²) in [4.78, 5) is 13.1. The molecule has 0 radical (unpaired) electrons. The maximum atomic E-state index is 13.1. The highest BCUT2D eigenvalue weighted by atomic mass is 16.5. The van der Waals surface area contributed by atoms with Crippen molar-refractivity contribution >= 4 is 5.97 Å². The highest BCUT2D eigenvalue weighted by molar-refractivity contribution is 5.77. The minimum absolute atomic E-state index is 0.00514. The Balaban J connectivity index is 1.64. The third-order valence-electron chi connectivity index (χ3n) is 13.9. The molecule has 3 heteroatoms. The van der Waals surface area contributed by atoms with Gasteiger partial charge in [0, 0.05) is 7.11 Å². The summed E-state index contributed by atoms with van der Waals surface area (Å²) in [5.74, 6) is 1.66. The number of fused-ring (bicyclic) bond motifs is 7. The molecule has 5 aliphatic rings. The van der Waals surface area contributed by atoms with E-state index >= 15 is 0 Å². The maximum absolute atomic E-state index is 13.1. The predicted molar refractivity (Wildman–Crippen MR) is 142 cm³/mol. The van der Waals surface area contributed by atoms with Gasteiger partial charge in [-0.3, -0.25) is 4.79 Å². The normalized spacial score (nSPS) is 52.3. The summed E-state index contributed by atoms with van der Waals surface area (Å²) in [5.41, 5.74) is 1.80. The van der Waals surface area contributed by atoms with E-state index in [9.17, 15) is 9.90 Å². The zero-order valence-corrected chi connectivity index (χ0v) is 24.1. The molecule has 0 bridgehead atoms. The molecular weight excluding hydrogens is 432 g/mol. The van der Waals surface area contributed by atoms with E-state index in [-0.39, 0.29) is 28.3 Å². The van der Waals surface area contributed by atoms with Crippen LogP contribution in [0.15, 0.2) is 11.6 Å². The van der Waals surface area contributed by atoms with Crippen LogP contribution in [0.25, 0.3) is 0 Å². The third kappa shape index (κ3) is 3.09.